The number of benzene rings is 1. The number of nitrogens with zero attached hydrogens (tertiary/aromatic N) is 1. The van der Waals surface area contributed by atoms with Crippen LogP contribution in [0, 0.1) is 10.1 Å². The molecule has 1 aromatic rings. The molecule has 0 unspecified atom stereocenters. The van der Waals surface area contributed by atoms with E-state index in [-0.39, 0.29) is 12.3 Å². The number of nitrogens with one attached hydrogen (secondary N) is 1. The van der Waals surface area contributed by atoms with E-state index in [1.54, 1.807) is 23.9 Å². The number of thioether (sulfide) groups is 1. The molecule has 0 bridgehead atoms. The zero-order chi connectivity index (χ0) is 13.4. The summed E-state index contributed by atoms with van der Waals surface area (Å²) in [5, 5.41) is 13.0. The van der Waals surface area contributed by atoms with Crippen molar-refractivity contribution in [1.82, 2.24) is 5.32 Å². The third-order valence-electron chi connectivity index (χ3n) is 2.09. The van der Waals surface area contributed by atoms with Gasteiger partial charge in [-0.2, -0.15) is 11.8 Å². The van der Waals surface area contributed by atoms with Crippen molar-refractivity contribution in [3.8, 4) is 0 Å². The Bertz CT molecular complexity index is 408. The molecule has 1 rings (SSSR count). The van der Waals surface area contributed by atoms with Gasteiger partial charge in [0, 0.05) is 24.4 Å². The minimum Gasteiger partial charge on any atom is -0.445 e. The van der Waals surface area contributed by atoms with Crippen LogP contribution in [0.5, 0.6) is 0 Å². The standard InChI is InChI=1S/C11H14N2O4S/c1-18-7-6-12-11(14)17-8-9-2-4-10(5-3-9)13(15)16/h2-5H,6-8H2,1H3,(H,12,14). The van der Waals surface area contributed by atoms with Crippen LogP contribution in [-0.4, -0.2) is 29.6 Å². The van der Waals surface area contributed by atoms with Gasteiger partial charge in [0.25, 0.3) is 5.69 Å². The van der Waals surface area contributed by atoms with Gasteiger partial charge >= 0.3 is 6.09 Å². The summed E-state index contributed by atoms with van der Waals surface area (Å²) in [5.74, 6) is 0.826. The zero-order valence-corrected chi connectivity index (χ0v) is 10.7. The van der Waals surface area contributed by atoms with Crippen molar-refractivity contribution >= 4 is 23.5 Å². The van der Waals surface area contributed by atoms with Gasteiger partial charge in [0.1, 0.15) is 6.61 Å². The summed E-state index contributed by atoms with van der Waals surface area (Å²) in [7, 11) is 0. The summed E-state index contributed by atoms with van der Waals surface area (Å²) in [6, 6.07) is 5.88. The minimum absolute atomic E-state index is 0.0168. The number of nitro benzene ring substituents is 1. The molecular formula is C11H14N2O4S. The number of hydrogen-bond donors (Lipinski definition) is 1. The van der Waals surface area contributed by atoms with E-state index < -0.39 is 11.0 Å². The van der Waals surface area contributed by atoms with Crippen molar-refractivity contribution in [2.45, 2.75) is 6.61 Å². The van der Waals surface area contributed by atoms with Crippen LogP contribution in [0.2, 0.25) is 0 Å². The SMILES string of the molecule is CSCCNC(=O)OCc1ccc([N+](=O)[O-])cc1. The van der Waals surface area contributed by atoms with Crippen LogP contribution in [0.15, 0.2) is 24.3 Å². The van der Waals surface area contributed by atoms with Crippen LogP contribution in [-0.2, 0) is 11.3 Å². The lowest BCUT2D eigenvalue weighted by molar-refractivity contribution is -0.384. The van der Waals surface area contributed by atoms with Crippen LogP contribution in [0.4, 0.5) is 10.5 Å². The summed E-state index contributed by atoms with van der Waals surface area (Å²) >= 11 is 1.63. The van der Waals surface area contributed by atoms with Crippen molar-refractivity contribution in [3.05, 3.63) is 39.9 Å². The quantitative estimate of drug-likeness (QED) is 0.487. The van der Waals surface area contributed by atoms with E-state index in [9.17, 15) is 14.9 Å². The molecule has 0 spiro atoms. The molecule has 98 valence electrons. The topological polar surface area (TPSA) is 81.5 Å². The first-order valence-corrected chi connectivity index (χ1v) is 6.65. The number of non-ortho nitro benzene ring substituents is 1. The molecule has 0 aromatic heterocycles. The number of amides is 1. The van der Waals surface area contributed by atoms with E-state index in [4.69, 9.17) is 4.74 Å². The summed E-state index contributed by atoms with van der Waals surface area (Å²) in [4.78, 5) is 21.2. The summed E-state index contributed by atoms with van der Waals surface area (Å²) in [5.41, 5.74) is 0.726. The zero-order valence-electron chi connectivity index (χ0n) is 9.92. The highest BCUT2D eigenvalue weighted by Crippen LogP contribution is 2.12. The van der Waals surface area contributed by atoms with Crippen molar-refractivity contribution in [1.29, 1.82) is 0 Å². The Morgan fingerprint density at radius 1 is 1.44 bits per heavy atom. The normalized spacial score (nSPS) is 9.83. The summed E-state index contributed by atoms with van der Waals surface area (Å²) in [6.45, 7) is 0.656. The lowest BCUT2D eigenvalue weighted by Gasteiger charge is -2.06. The number of carbonyl (C=O) groups is 1. The van der Waals surface area contributed by atoms with Gasteiger partial charge in [-0.3, -0.25) is 10.1 Å². The molecule has 1 amide bonds. The first-order valence-electron chi connectivity index (χ1n) is 5.26. The Hall–Kier alpha value is -1.76. The minimum atomic E-state index is -0.484. The Morgan fingerprint density at radius 3 is 2.67 bits per heavy atom. The highest BCUT2D eigenvalue weighted by atomic mass is 32.2. The average Bonchev–Trinajstić information content (AvgIpc) is 2.37. The fraction of sp³-hybridized carbons (Fsp3) is 0.364. The number of hydrogen-bond acceptors (Lipinski definition) is 5. The number of nitro groups is 1. The molecule has 0 saturated carbocycles. The number of alkyl carbamates (subject to hydrolysis) is 1. The molecule has 1 aromatic carbocycles. The number of ether oxygens (including phenoxy) is 1. The second-order valence-electron chi connectivity index (χ2n) is 3.42. The smallest absolute Gasteiger partial charge is 0.407 e. The predicted molar refractivity (Wildman–Crippen MR) is 69.7 cm³/mol. The van der Waals surface area contributed by atoms with Crippen LogP contribution < -0.4 is 5.32 Å². The largest absolute Gasteiger partial charge is 0.445 e. The molecule has 18 heavy (non-hydrogen) atoms. The van der Waals surface area contributed by atoms with Crippen molar-refractivity contribution < 1.29 is 14.5 Å². The summed E-state index contributed by atoms with van der Waals surface area (Å²) in [6.07, 6.45) is 1.46. The van der Waals surface area contributed by atoms with Gasteiger partial charge in [-0.25, -0.2) is 4.79 Å². The van der Waals surface area contributed by atoms with Crippen LogP contribution in [0.3, 0.4) is 0 Å². The van der Waals surface area contributed by atoms with Gasteiger partial charge in [0.2, 0.25) is 0 Å². The second-order valence-corrected chi connectivity index (χ2v) is 4.40. The highest BCUT2D eigenvalue weighted by Gasteiger charge is 2.05. The Morgan fingerprint density at radius 2 is 2.11 bits per heavy atom. The number of rotatable bonds is 6. The number of carbonyl (C=O) groups excluding carboxylic acids is 1. The van der Waals surface area contributed by atoms with Gasteiger partial charge < -0.3 is 10.1 Å². The maximum Gasteiger partial charge on any atom is 0.407 e. The Kier molecular flexibility index (Phi) is 5.99. The molecule has 0 saturated heterocycles. The highest BCUT2D eigenvalue weighted by molar-refractivity contribution is 7.98. The van der Waals surface area contributed by atoms with Gasteiger partial charge in [-0.05, 0) is 24.0 Å². The van der Waals surface area contributed by atoms with Gasteiger partial charge in [0.15, 0.2) is 0 Å². The molecule has 1 N–H and O–H groups in total. The molecular weight excluding hydrogens is 256 g/mol. The molecule has 0 aliphatic heterocycles. The van der Waals surface area contributed by atoms with Crippen molar-refractivity contribution in [3.63, 3.8) is 0 Å². The average molecular weight is 270 g/mol. The Labute approximate surface area is 109 Å². The fourth-order valence-electron chi connectivity index (χ4n) is 1.17. The molecule has 0 aliphatic carbocycles. The van der Waals surface area contributed by atoms with E-state index in [2.05, 4.69) is 5.32 Å². The fourth-order valence-corrected chi connectivity index (χ4v) is 1.48. The van der Waals surface area contributed by atoms with Gasteiger partial charge in [-0.15, -0.1) is 0 Å². The third kappa shape index (κ3) is 5.05. The van der Waals surface area contributed by atoms with Crippen LogP contribution in [0.1, 0.15) is 5.56 Å². The van der Waals surface area contributed by atoms with E-state index in [0.717, 1.165) is 5.75 Å². The van der Waals surface area contributed by atoms with Crippen molar-refractivity contribution in [2.24, 2.45) is 0 Å². The molecule has 6 nitrogen and oxygen atoms in total. The lowest BCUT2D eigenvalue weighted by Crippen LogP contribution is -2.26. The van der Waals surface area contributed by atoms with Crippen molar-refractivity contribution in [2.75, 3.05) is 18.6 Å². The van der Waals surface area contributed by atoms with E-state index in [0.29, 0.717) is 12.1 Å². The lowest BCUT2D eigenvalue weighted by atomic mass is 10.2. The van der Waals surface area contributed by atoms with Crippen LogP contribution >= 0.6 is 11.8 Å². The summed E-state index contributed by atoms with van der Waals surface area (Å²) < 4.78 is 4.95. The van der Waals surface area contributed by atoms with Crippen LogP contribution in [0.25, 0.3) is 0 Å². The monoisotopic (exact) mass is 270 g/mol. The van der Waals surface area contributed by atoms with Gasteiger partial charge in [-0.1, -0.05) is 0 Å². The second kappa shape index (κ2) is 7.54. The maximum atomic E-state index is 11.2. The molecule has 0 atom stereocenters. The Balaban J connectivity index is 2.34. The molecule has 0 heterocycles. The molecule has 0 fully saturated rings. The maximum absolute atomic E-state index is 11.2. The van der Waals surface area contributed by atoms with E-state index >= 15 is 0 Å². The van der Waals surface area contributed by atoms with Gasteiger partial charge in [0.05, 0.1) is 4.92 Å². The first-order chi connectivity index (χ1) is 8.63. The van der Waals surface area contributed by atoms with E-state index in [1.165, 1.54) is 12.1 Å². The first kappa shape index (κ1) is 14.3. The molecule has 7 heteroatoms. The molecule has 0 aliphatic rings. The third-order valence-corrected chi connectivity index (χ3v) is 2.70. The predicted octanol–water partition coefficient (Wildman–Crippen LogP) is 2.18. The molecule has 0 radical (unpaired) electrons. The van der Waals surface area contributed by atoms with E-state index in [1.807, 2.05) is 6.26 Å².